The maximum atomic E-state index is 5.65. The summed E-state index contributed by atoms with van der Waals surface area (Å²) in [4.78, 5) is 2.47. The minimum atomic E-state index is 0. The number of hydrogen-bond donors (Lipinski definition) is 0. The zero-order chi connectivity index (χ0) is 7.23. The first-order valence-electron chi connectivity index (χ1n) is 4.22. The largest absolute Gasteiger partial charge is 0.302 e. The van der Waals surface area contributed by atoms with Crippen molar-refractivity contribution in [2.45, 2.75) is 25.7 Å². The average molecular weight is 198 g/mol. The minimum absolute atomic E-state index is 0. The van der Waals surface area contributed by atoms with Crippen LogP contribution in [-0.2, 0) is 0 Å². The predicted octanol–water partition coefficient (Wildman–Crippen LogP) is 2.52. The fraction of sp³-hybridized carbons (Fsp3) is 1.00. The summed E-state index contributed by atoms with van der Waals surface area (Å²) in [6.45, 7) is 3.63. The lowest BCUT2D eigenvalue weighted by atomic mass is 10.2. The van der Waals surface area contributed by atoms with Gasteiger partial charge in [0, 0.05) is 12.4 Å². The van der Waals surface area contributed by atoms with E-state index in [1.807, 2.05) is 0 Å². The standard InChI is InChI=1S/C8H16ClN.ClH/c9-5-8-10-6-3-1-2-4-7-10;/h1-8H2;1H. The lowest BCUT2D eigenvalue weighted by Crippen LogP contribution is -2.26. The number of rotatable bonds is 2. The lowest BCUT2D eigenvalue weighted by molar-refractivity contribution is 0.302. The van der Waals surface area contributed by atoms with Gasteiger partial charge in [0.25, 0.3) is 0 Å². The van der Waals surface area contributed by atoms with E-state index in [0.29, 0.717) is 0 Å². The second-order valence-electron chi connectivity index (χ2n) is 2.94. The molecule has 0 aliphatic carbocycles. The monoisotopic (exact) mass is 197 g/mol. The summed E-state index contributed by atoms with van der Waals surface area (Å²) in [5.41, 5.74) is 0. The smallest absolute Gasteiger partial charge is 0.0351 e. The van der Waals surface area contributed by atoms with Crippen LogP contribution in [0.2, 0.25) is 0 Å². The summed E-state index contributed by atoms with van der Waals surface area (Å²) in [6, 6.07) is 0. The molecule has 0 radical (unpaired) electrons. The molecule has 11 heavy (non-hydrogen) atoms. The van der Waals surface area contributed by atoms with Gasteiger partial charge in [0.1, 0.15) is 0 Å². The zero-order valence-corrected chi connectivity index (χ0v) is 8.46. The SMILES string of the molecule is Cl.ClCCN1CCCCCC1. The Morgan fingerprint density at radius 1 is 1.00 bits per heavy atom. The Labute approximate surface area is 80.5 Å². The van der Waals surface area contributed by atoms with Crippen LogP contribution in [0.3, 0.4) is 0 Å². The highest BCUT2D eigenvalue weighted by Gasteiger charge is 2.06. The third-order valence-electron chi connectivity index (χ3n) is 2.10. The second kappa shape index (κ2) is 7.20. The summed E-state index contributed by atoms with van der Waals surface area (Å²) in [6.07, 6.45) is 5.57. The van der Waals surface area contributed by atoms with E-state index >= 15 is 0 Å². The molecule has 0 saturated carbocycles. The lowest BCUT2D eigenvalue weighted by Gasteiger charge is -2.17. The molecule has 0 bridgehead atoms. The summed E-state index contributed by atoms with van der Waals surface area (Å²) in [7, 11) is 0. The fourth-order valence-corrected chi connectivity index (χ4v) is 1.72. The van der Waals surface area contributed by atoms with Crippen molar-refractivity contribution in [1.82, 2.24) is 4.90 Å². The molecule has 1 heterocycles. The zero-order valence-electron chi connectivity index (χ0n) is 6.89. The maximum Gasteiger partial charge on any atom is 0.0351 e. The van der Waals surface area contributed by atoms with Crippen molar-refractivity contribution in [3.05, 3.63) is 0 Å². The number of hydrogen-bond acceptors (Lipinski definition) is 1. The fourth-order valence-electron chi connectivity index (χ4n) is 1.48. The number of alkyl halides is 1. The molecule has 0 N–H and O–H groups in total. The molecule has 1 nitrogen and oxygen atoms in total. The van der Waals surface area contributed by atoms with Gasteiger partial charge in [0.2, 0.25) is 0 Å². The van der Waals surface area contributed by atoms with Crippen molar-refractivity contribution in [3.8, 4) is 0 Å². The quantitative estimate of drug-likeness (QED) is 0.616. The summed E-state index contributed by atoms with van der Waals surface area (Å²) < 4.78 is 0. The summed E-state index contributed by atoms with van der Waals surface area (Å²) in [5, 5.41) is 0. The van der Waals surface area contributed by atoms with E-state index < -0.39 is 0 Å². The van der Waals surface area contributed by atoms with Crippen LogP contribution in [0.4, 0.5) is 0 Å². The van der Waals surface area contributed by atoms with Crippen LogP contribution in [0.5, 0.6) is 0 Å². The molecule has 1 saturated heterocycles. The van der Waals surface area contributed by atoms with Crippen LogP contribution in [0.25, 0.3) is 0 Å². The normalized spacial score (nSPS) is 20.5. The topological polar surface area (TPSA) is 3.24 Å². The van der Waals surface area contributed by atoms with E-state index in [2.05, 4.69) is 4.90 Å². The molecule has 0 spiro atoms. The van der Waals surface area contributed by atoms with Crippen LogP contribution >= 0.6 is 24.0 Å². The molecule has 0 aromatic rings. The van der Waals surface area contributed by atoms with Gasteiger partial charge in [-0.05, 0) is 25.9 Å². The highest BCUT2D eigenvalue weighted by molar-refractivity contribution is 6.18. The summed E-state index contributed by atoms with van der Waals surface area (Å²) in [5.74, 6) is 0.792. The van der Waals surface area contributed by atoms with E-state index in [1.165, 1.54) is 38.8 Å². The van der Waals surface area contributed by atoms with Crippen molar-refractivity contribution in [2.75, 3.05) is 25.5 Å². The first-order valence-corrected chi connectivity index (χ1v) is 4.75. The van der Waals surface area contributed by atoms with Crippen molar-refractivity contribution >= 4 is 24.0 Å². The van der Waals surface area contributed by atoms with Gasteiger partial charge in [-0.15, -0.1) is 24.0 Å². The Morgan fingerprint density at radius 3 is 2.00 bits per heavy atom. The third-order valence-corrected chi connectivity index (χ3v) is 2.27. The Morgan fingerprint density at radius 2 is 1.55 bits per heavy atom. The Bertz CT molecular complexity index is 80.2. The van der Waals surface area contributed by atoms with Crippen molar-refractivity contribution in [3.63, 3.8) is 0 Å². The molecule has 3 heteroatoms. The van der Waals surface area contributed by atoms with Gasteiger partial charge in [0.05, 0.1) is 0 Å². The van der Waals surface area contributed by atoms with Gasteiger partial charge in [-0.25, -0.2) is 0 Å². The first kappa shape index (κ1) is 11.5. The van der Waals surface area contributed by atoms with Crippen LogP contribution in [-0.4, -0.2) is 30.4 Å². The maximum absolute atomic E-state index is 5.65. The third kappa shape index (κ3) is 4.89. The van der Waals surface area contributed by atoms with E-state index in [0.717, 1.165) is 12.4 Å². The Hall–Kier alpha value is 0.540. The number of nitrogens with zero attached hydrogens (tertiary/aromatic N) is 1. The number of halogens is 2. The molecule has 0 unspecified atom stereocenters. The number of likely N-dealkylation sites (tertiary alicyclic amines) is 1. The molecule has 0 aromatic heterocycles. The van der Waals surface area contributed by atoms with E-state index in [4.69, 9.17) is 11.6 Å². The van der Waals surface area contributed by atoms with Gasteiger partial charge in [-0.3, -0.25) is 0 Å². The van der Waals surface area contributed by atoms with Crippen molar-refractivity contribution in [2.24, 2.45) is 0 Å². The van der Waals surface area contributed by atoms with Crippen molar-refractivity contribution < 1.29 is 0 Å². The molecule has 0 aromatic carbocycles. The molecular formula is C8H17Cl2N. The Balaban J connectivity index is 0.000001000. The molecular weight excluding hydrogens is 181 g/mol. The van der Waals surface area contributed by atoms with Crippen molar-refractivity contribution in [1.29, 1.82) is 0 Å². The highest BCUT2D eigenvalue weighted by Crippen LogP contribution is 2.08. The van der Waals surface area contributed by atoms with Gasteiger partial charge in [-0.2, -0.15) is 0 Å². The van der Waals surface area contributed by atoms with E-state index in [-0.39, 0.29) is 12.4 Å². The van der Waals surface area contributed by atoms with E-state index in [9.17, 15) is 0 Å². The van der Waals surface area contributed by atoms with Crippen LogP contribution in [0.15, 0.2) is 0 Å². The average Bonchev–Trinajstić information content (AvgIpc) is 2.17. The molecule has 0 atom stereocenters. The van der Waals surface area contributed by atoms with Gasteiger partial charge in [0.15, 0.2) is 0 Å². The highest BCUT2D eigenvalue weighted by atomic mass is 35.5. The van der Waals surface area contributed by atoms with Gasteiger partial charge < -0.3 is 4.90 Å². The minimum Gasteiger partial charge on any atom is -0.302 e. The Kier molecular flexibility index (Phi) is 7.56. The van der Waals surface area contributed by atoms with Crippen LogP contribution in [0, 0.1) is 0 Å². The summed E-state index contributed by atoms with van der Waals surface area (Å²) >= 11 is 5.65. The van der Waals surface area contributed by atoms with E-state index in [1.54, 1.807) is 0 Å². The second-order valence-corrected chi connectivity index (χ2v) is 3.32. The molecule has 1 aliphatic rings. The molecule has 1 aliphatic heterocycles. The first-order chi connectivity index (χ1) is 4.93. The molecule has 1 fully saturated rings. The predicted molar refractivity (Wildman–Crippen MR) is 52.9 cm³/mol. The van der Waals surface area contributed by atoms with Gasteiger partial charge in [-0.1, -0.05) is 12.8 Å². The molecule has 1 rings (SSSR count). The molecule has 68 valence electrons. The van der Waals surface area contributed by atoms with Gasteiger partial charge >= 0.3 is 0 Å². The van der Waals surface area contributed by atoms with Crippen LogP contribution in [0.1, 0.15) is 25.7 Å². The van der Waals surface area contributed by atoms with Crippen LogP contribution < -0.4 is 0 Å². The molecule has 0 amide bonds.